The summed E-state index contributed by atoms with van der Waals surface area (Å²) in [6, 6.07) is 2.27. The van der Waals surface area contributed by atoms with Crippen molar-refractivity contribution < 1.29 is 14.7 Å². The second kappa shape index (κ2) is 6.68. The van der Waals surface area contributed by atoms with Crippen LogP contribution < -0.4 is 5.32 Å². The zero-order valence-corrected chi connectivity index (χ0v) is 14.5. The number of hydrogen-bond donors (Lipinski definition) is 2. The van der Waals surface area contributed by atoms with Gasteiger partial charge in [-0.3, -0.25) is 14.5 Å². The van der Waals surface area contributed by atoms with Crippen LogP contribution in [0.15, 0.2) is 15.2 Å². The first-order chi connectivity index (χ1) is 10.5. The van der Waals surface area contributed by atoms with E-state index in [9.17, 15) is 9.59 Å². The van der Waals surface area contributed by atoms with E-state index in [1.165, 1.54) is 24.2 Å². The molecule has 2 aliphatic carbocycles. The summed E-state index contributed by atoms with van der Waals surface area (Å²) in [6.45, 7) is 0.994. The van der Waals surface area contributed by atoms with Crippen molar-refractivity contribution in [3.05, 3.63) is 20.8 Å². The van der Waals surface area contributed by atoms with Crippen molar-refractivity contribution in [1.29, 1.82) is 0 Å². The highest BCUT2D eigenvalue weighted by atomic mass is 79.9. The molecule has 7 heteroatoms. The maximum atomic E-state index is 12.1. The van der Waals surface area contributed by atoms with Crippen molar-refractivity contribution >= 4 is 39.1 Å². The van der Waals surface area contributed by atoms with Crippen molar-refractivity contribution in [1.82, 2.24) is 10.2 Å². The van der Waals surface area contributed by atoms with Crippen LogP contribution in [0.25, 0.3) is 0 Å². The van der Waals surface area contributed by atoms with Crippen molar-refractivity contribution in [2.24, 2.45) is 5.92 Å². The van der Waals surface area contributed by atoms with Gasteiger partial charge in [0, 0.05) is 24.0 Å². The van der Waals surface area contributed by atoms with Gasteiger partial charge in [-0.15, -0.1) is 11.3 Å². The molecule has 3 rings (SSSR count). The summed E-state index contributed by atoms with van der Waals surface area (Å²) in [5.74, 6) is -0.134. The number of aliphatic carboxylic acids is 1. The molecule has 1 heterocycles. The lowest BCUT2D eigenvalue weighted by Gasteiger charge is -2.42. The van der Waals surface area contributed by atoms with Crippen molar-refractivity contribution in [2.75, 3.05) is 13.1 Å². The average molecular weight is 387 g/mol. The van der Waals surface area contributed by atoms with Crippen LogP contribution in [0.3, 0.4) is 0 Å². The fourth-order valence-corrected chi connectivity index (χ4v) is 3.99. The predicted molar refractivity (Wildman–Crippen MR) is 88.2 cm³/mol. The Morgan fingerprint density at radius 1 is 1.41 bits per heavy atom. The van der Waals surface area contributed by atoms with Crippen LogP contribution in [0.2, 0.25) is 0 Å². The molecule has 0 atom stereocenters. The molecule has 0 unspecified atom stereocenters. The van der Waals surface area contributed by atoms with Crippen molar-refractivity contribution in [3.8, 4) is 0 Å². The van der Waals surface area contributed by atoms with Gasteiger partial charge in [0.25, 0.3) is 5.91 Å². The number of nitrogens with zero attached hydrogens (tertiary/aromatic N) is 1. The first-order valence-electron chi connectivity index (χ1n) is 7.52. The fourth-order valence-electron chi connectivity index (χ4n) is 2.85. The summed E-state index contributed by atoms with van der Waals surface area (Å²) >= 11 is 4.85. The topological polar surface area (TPSA) is 69.6 Å². The summed E-state index contributed by atoms with van der Waals surface area (Å²) in [4.78, 5) is 25.1. The molecule has 2 saturated carbocycles. The van der Waals surface area contributed by atoms with Gasteiger partial charge < -0.3 is 10.4 Å². The molecule has 0 radical (unpaired) electrons. The van der Waals surface area contributed by atoms with Crippen LogP contribution in [0.1, 0.15) is 36.0 Å². The number of carboxylic acid groups (broad SMARTS) is 1. The van der Waals surface area contributed by atoms with Crippen molar-refractivity contribution in [2.45, 2.75) is 37.8 Å². The van der Waals surface area contributed by atoms with Crippen LogP contribution in [0.4, 0.5) is 0 Å². The quantitative estimate of drug-likeness (QED) is 0.755. The minimum Gasteiger partial charge on any atom is -0.480 e. The third-order valence-corrected chi connectivity index (χ3v) is 5.83. The number of thiophene rings is 1. The number of nitrogens with one attached hydrogen (secondary N) is 1. The molecule has 1 amide bonds. The lowest BCUT2D eigenvalue weighted by atomic mass is 9.85. The highest BCUT2D eigenvalue weighted by molar-refractivity contribution is 9.11. The summed E-state index contributed by atoms with van der Waals surface area (Å²) in [7, 11) is 0. The second-order valence-corrected chi connectivity index (χ2v) is 8.49. The molecule has 22 heavy (non-hydrogen) atoms. The van der Waals surface area contributed by atoms with Crippen LogP contribution in [-0.2, 0) is 4.79 Å². The molecule has 1 aromatic heterocycles. The molecule has 0 spiro atoms. The van der Waals surface area contributed by atoms with E-state index in [0.29, 0.717) is 11.5 Å². The van der Waals surface area contributed by atoms with E-state index in [1.807, 2.05) is 11.4 Å². The van der Waals surface area contributed by atoms with Gasteiger partial charge in [-0.05, 0) is 53.6 Å². The SMILES string of the molecule is O=C(O)CN(CC1CC1)C1CC(NC(=O)c2csc(Br)c2)C1. The maximum absolute atomic E-state index is 12.1. The van der Waals surface area contributed by atoms with Crippen LogP contribution >= 0.6 is 27.3 Å². The van der Waals surface area contributed by atoms with Crippen LogP contribution in [0, 0.1) is 5.92 Å². The third kappa shape index (κ3) is 4.08. The van der Waals surface area contributed by atoms with E-state index in [-0.39, 0.29) is 24.5 Å². The van der Waals surface area contributed by atoms with Gasteiger partial charge in [0.05, 0.1) is 15.9 Å². The lowest BCUT2D eigenvalue weighted by Crippen LogP contribution is -2.55. The molecule has 0 aliphatic heterocycles. The molecule has 2 aliphatic rings. The van der Waals surface area contributed by atoms with Gasteiger partial charge in [-0.25, -0.2) is 0 Å². The standard InChI is InChI=1S/C15H19BrN2O3S/c16-13-3-10(8-22-13)15(21)17-11-4-12(5-11)18(7-14(19)20)6-9-1-2-9/h3,8-9,11-12H,1-2,4-7H2,(H,17,21)(H,19,20). The molecular weight excluding hydrogens is 368 g/mol. The molecule has 5 nitrogen and oxygen atoms in total. The van der Waals surface area contributed by atoms with Gasteiger partial charge in [0.15, 0.2) is 0 Å². The highest BCUT2D eigenvalue weighted by Gasteiger charge is 2.37. The number of hydrogen-bond acceptors (Lipinski definition) is 4. The van der Waals surface area contributed by atoms with Gasteiger partial charge in [-0.1, -0.05) is 0 Å². The number of halogens is 1. The summed E-state index contributed by atoms with van der Waals surface area (Å²) in [5, 5.41) is 13.9. The molecule has 1 aromatic rings. The Balaban J connectivity index is 1.47. The van der Waals surface area contributed by atoms with Crippen LogP contribution in [-0.4, -0.2) is 47.1 Å². The molecule has 0 saturated heterocycles. The van der Waals surface area contributed by atoms with E-state index in [0.717, 1.165) is 23.2 Å². The van der Waals surface area contributed by atoms with E-state index in [1.54, 1.807) is 0 Å². The Bertz CT molecular complexity index is 567. The van der Waals surface area contributed by atoms with Gasteiger partial charge in [0.1, 0.15) is 0 Å². The number of rotatable bonds is 7. The molecule has 0 aromatic carbocycles. The number of carbonyl (C=O) groups excluding carboxylic acids is 1. The number of carboxylic acids is 1. The Morgan fingerprint density at radius 3 is 2.68 bits per heavy atom. The maximum Gasteiger partial charge on any atom is 0.317 e. The van der Waals surface area contributed by atoms with Gasteiger partial charge >= 0.3 is 5.97 Å². The Morgan fingerprint density at radius 2 is 2.14 bits per heavy atom. The van der Waals surface area contributed by atoms with E-state index in [2.05, 4.69) is 26.1 Å². The van der Waals surface area contributed by atoms with Gasteiger partial charge in [0.2, 0.25) is 0 Å². The average Bonchev–Trinajstić information content (AvgIpc) is 3.10. The summed E-state index contributed by atoms with van der Waals surface area (Å²) in [6.07, 6.45) is 4.13. The number of carbonyl (C=O) groups is 2. The monoisotopic (exact) mass is 386 g/mol. The lowest BCUT2D eigenvalue weighted by molar-refractivity contribution is -0.139. The predicted octanol–water partition coefficient (Wildman–Crippen LogP) is 2.57. The summed E-state index contributed by atoms with van der Waals surface area (Å²) < 4.78 is 0.946. The Kier molecular flexibility index (Phi) is 4.84. The molecule has 0 bridgehead atoms. The molecule has 2 N–H and O–H groups in total. The van der Waals surface area contributed by atoms with Gasteiger partial charge in [-0.2, -0.15) is 0 Å². The van der Waals surface area contributed by atoms with E-state index < -0.39 is 5.97 Å². The second-order valence-electron chi connectivity index (χ2n) is 6.20. The summed E-state index contributed by atoms with van der Waals surface area (Å²) in [5.41, 5.74) is 0.681. The number of amides is 1. The first kappa shape index (κ1) is 16.0. The molecular formula is C15H19BrN2O3S. The highest BCUT2D eigenvalue weighted by Crippen LogP contribution is 2.34. The van der Waals surface area contributed by atoms with Crippen LogP contribution in [0.5, 0.6) is 0 Å². The fraction of sp³-hybridized carbons (Fsp3) is 0.600. The largest absolute Gasteiger partial charge is 0.480 e. The minimum atomic E-state index is -0.767. The third-order valence-electron chi connectivity index (χ3n) is 4.32. The zero-order valence-electron chi connectivity index (χ0n) is 12.1. The Hall–Kier alpha value is -0.920. The van der Waals surface area contributed by atoms with E-state index >= 15 is 0 Å². The smallest absolute Gasteiger partial charge is 0.317 e. The Labute approximate surface area is 141 Å². The molecule has 2 fully saturated rings. The van der Waals surface area contributed by atoms with E-state index in [4.69, 9.17) is 5.11 Å². The first-order valence-corrected chi connectivity index (χ1v) is 9.19. The molecule has 120 valence electrons. The van der Waals surface area contributed by atoms with Crippen molar-refractivity contribution in [3.63, 3.8) is 0 Å². The minimum absolute atomic E-state index is 0.0441. The zero-order chi connectivity index (χ0) is 15.7. The normalized spacial score (nSPS) is 24.1.